The molecule has 2 N–H and O–H groups in total. The summed E-state index contributed by atoms with van der Waals surface area (Å²) < 4.78 is 24.4. The zero-order chi connectivity index (χ0) is 34.9. The maximum Gasteiger partial charge on any atom is 0.279 e. The number of carbonyl (C=O) groups is 1. The van der Waals surface area contributed by atoms with Crippen LogP contribution in [0.25, 0.3) is 11.1 Å². The summed E-state index contributed by atoms with van der Waals surface area (Å²) >= 11 is 0. The van der Waals surface area contributed by atoms with E-state index >= 15 is 4.39 Å². The highest BCUT2D eigenvalue weighted by molar-refractivity contribution is 6.06. The van der Waals surface area contributed by atoms with Gasteiger partial charge in [0.15, 0.2) is 5.82 Å². The standard InChI is InChI=1S/C37H43FN8O4/c1-22-17-43(25-20-50-21-25)9-10-44(22)24-5-6-31(40-16-24)41-29-13-23(18-42(4)35(29)48)26-7-8-39-34(28(26)19-47)46-12-11-45-30-15-37(2,3)14-27(30)32(38)33(45)36(46)49/h5-8,13,16,18,22,25,47H,9-12,14-15,17,19-21H2,1-4H3,(H,40,41)/t22-/m0/s1. The van der Waals surface area contributed by atoms with Crippen LogP contribution in [0.3, 0.4) is 0 Å². The summed E-state index contributed by atoms with van der Waals surface area (Å²) in [5.74, 6) is -0.118. The molecule has 0 radical (unpaired) electrons. The van der Waals surface area contributed by atoms with Crippen molar-refractivity contribution in [2.75, 3.05) is 54.5 Å². The van der Waals surface area contributed by atoms with Crippen LogP contribution in [-0.4, -0.2) is 86.5 Å². The Labute approximate surface area is 290 Å². The second-order valence-corrected chi connectivity index (χ2v) is 14.8. The predicted molar refractivity (Wildman–Crippen MR) is 189 cm³/mol. The van der Waals surface area contributed by atoms with Crippen molar-refractivity contribution in [1.29, 1.82) is 0 Å². The third kappa shape index (κ3) is 5.48. The average Bonchev–Trinajstić information content (AvgIpc) is 3.53. The van der Waals surface area contributed by atoms with Gasteiger partial charge in [0.1, 0.15) is 23.0 Å². The van der Waals surface area contributed by atoms with Crippen LogP contribution in [0.15, 0.2) is 47.7 Å². The molecule has 50 heavy (non-hydrogen) atoms. The van der Waals surface area contributed by atoms with Gasteiger partial charge in [-0.1, -0.05) is 13.8 Å². The Morgan fingerprint density at radius 2 is 1.90 bits per heavy atom. The van der Waals surface area contributed by atoms with Crippen LogP contribution < -0.4 is 20.7 Å². The van der Waals surface area contributed by atoms with E-state index in [1.807, 2.05) is 22.9 Å². The number of aromatic nitrogens is 4. The molecular formula is C37H43FN8O4. The van der Waals surface area contributed by atoms with E-state index in [2.05, 4.69) is 45.9 Å². The molecule has 2 saturated heterocycles. The van der Waals surface area contributed by atoms with Crippen LogP contribution in [0, 0.1) is 11.2 Å². The molecule has 4 aliphatic rings. The van der Waals surface area contributed by atoms with Gasteiger partial charge in [0.2, 0.25) is 0 Å². The van der Waals surface area contributed by atoms with Gasteiger partial charge in [-0.05, 0) is 55.0 Å². The maximum atomic E-state index is 15.7. The normalized spacial score (nSPS) is 20.5. The smallest absolute Gasteiger partial charge is 0.279 e. The van der Waals surface area contributed by atoms with Gasteiger partial charge in [-0.15, -0.1) is 0 Å². The Bertz CT molecular complexity index is 2040. The van der Waals surface area contributed by atoms with E-state index in [9.17, 15) is 14.7 Å². The molecule has 1 atom stereocenters. The zero-order valence-corrected chi connectivity index (χ0v) is 28.9. The molecule has 0 unspecified atom stereocenters. The lowest BCUT2D eigenvalue weighted by molar-refractivity contribution is -0.0691. The molecule has 0 aromatic carbocycles. The third-order valence-corrected chi connectivity index (χ3v) is 10.8. The first kappa shape index (κ1) is 32.6. The molecule has 3 aliphatic heterocycles. The van der Waals surface area contributed by atoms with Crippen molar-refractivity contribution in [1.82, 2.24) is 24.0 Å². The largest absolute Gasteiger partial charge is 0.392 e. The zero-order valence-electron chi connectivity index (χ0n) is 28.9. The number of ether oxygens (including phenoxy) is 1. The second-order valence-electron chi connectivity index (χ2n) is 14.8. The molecular weight excluding hydrogens is 639 g/mol. The van der Waals surface area contributed by atoms with Gasteiger partial charge < -0.3 is 29.2 Å². The summed E-state index contributed by atoms with van der Waals surface area (Å²) in [4.78, 5) is 42.6. The maximum absolute atomic E-state index is 15.7. The Morgan fingerprint density at radius 1 is 1.08 bits per heavy atom. The predicted octanol–water partition coefficient (Wildman–Crippen LogP) is 3.71. The number of carbonyl (C=O) groups excluding carboxylic acids is 1. The van der Waals surface area contributed by atoms with E-state index < -0.39 is 18.3 Å². The number of rotatable bonds is 7. The topological polar surface area (TPSA) is 121 Å². The Hall–Kier alpha value is -4.59. The number of piperazine rings is 1. The lowest BCUT2D eigenvalue weighted by Gasteiger charge is -2.46. The number of nitrogens with one attached hydrogen (secondary N) is 1. The molecule has 1 aliphatic carbocycles. The number of pyridine rings is 3. The molecule has 12 nitrogen and oxygen atoms in total. The van der Waals surface area contributed by atoms with Crippen LogP contribution in [-0.2, 0) is 37.8 Å². The minimum absolute atomic E-state index is 0.0449. The van der Waals surface area contributed by atoms with Gasteiger partial charge in [0.25, 0.3) is 11.5 Å². The van der Waals surface area contributed by atoms with E-state index in [1.165, 1.54) is 9.47 Å². The molecule has 0 saturated carbocycles. The van der Waals surface area contributed by atoms with Gasteiger partial charge in [-0.25, -0.2) is 14.4 Å². The number of aryl methyl sites for hydroxylation is 1. The summed E-state index contributed by atoms with van der Waals surface area (Å²) in [5, 5.41) is 13.8. The Kier molecular flexibility index (Phi) is 8.04. The van der Waals surface area contributed by atoms with Crippen molar-refractivity contribution < 1.29 is 19.0 Å². The monoisotopic (exact) mass is 682 g/mol. The number of anilines is 4. The minimum Gasteiger partial charge on any atom is -0.392 e. The average molecular weight is 683 g/mol. The van der Waals surface area contributed by atoms with Crippen LogP contribution >= 0.6 is 0 Å². The molecule has 13 heteroatoms. The highest BCUT2D eigenvalue weighted by atomic mass is 19.1. The molecule has 8 rings (SSSR count). The lowest BCUT2D eigenvalue weighted by atomic mass is 9.90. The van der Waals surface area contributed by atoms with Crippen molar-refractivity contribution in [3.63, 3.8) is 0 Å². The first-order valence-corrected chi connectivity index (χ1v) is 17.4. The number of hydrogen-bond donors (Lipinski definition) is 2. The number of nitrogens with zero attached hydrogens (tertiary/aromatic N) is 7. The first-order chi connectivity index (χ1) is 24.0. The fourth-order valence-corrected chi connectivity index (χ4v) is 8.14. The van der Waals surface area contributed by atoms with Gasteiger partial charge in [0.05, 0.1) is 37.7 Å². The summed E-state index contributed by atoms with van der Waals surface area (Å²) in [6, 6.07) is 8.21. The van der Waals surface area contributed by atoms with E-state index in [0.29, 0.717) is 65.4 Å². The van der Waals surface area contributed by atoms with Crippen molar-refractivity contribution in [3.8, 4) is 11.1 Å². The third-order valence-electron chi connectivity index (χ3n) is 10.8. The van der Waals surface area contributed by atoms with Gasteiger partial charge in [-0.2, -0.15) is 0 Å². The number of hydrogen-bond acceptors (Lipinski definition) is 9. The van der Waals surface area contributed by atoms with E-state index in [4.69, 9.17) is 4.74 Å². The van der Waals surface area contributed by atoms with Crippen LogP contribution in [0.2, 0.25) is 0 Å². The van der Waals surface area contributed by atoms with E-state index in [0.717, 1.165) is 50.7 Å². The summed E-state index contributed by atoms with van der Waals surface area (Å²) in [6.45, 7) is 11.2. The molecule has 2 fully saturated rings. The second kappa shape index (κ2) is 12.3. The minimum atomic E-state index is -0.470. The summed E-state index contributed by atoms with van der Waals surface area (Å²) in [7, 11) is 1.66. The molecule has 0 spiro atoms. The number of amides is 1. The summed E-state index contributed by atoms with van der Waals surface area (Å²) in [6.07, 6.45) is 6.40. The molecule has 0 bridgehead atoms. The molecule has 262 valence electrons. The van der Waals surface area contributed by atoms with Crippen LogP contribution in [0.4, 0.5) is 27.4 Å². The number of aliphatic hydroxyl groups is 1. The first-order valence-electron chi connectivity index (χ1n) is 17.4. The van der Waals surface area contributed by atoms with Crippen molar-refractivity contribution in [2.45, 2.75) is 58.8 Å². The lowest BCUT2D eigenvalue weighted by Crippen LogP contribution is -2.59. The quantitative estimate of drug-likeness (QED) is 0.301. The highest BCUT2D eigenvalue weighted by Crippen LogP contribution is 2.42. The van der Waals surface area contributed by atoms with Crippen molar-refractivity contribution in [2.24, 2.45) is 12.5 Å². The molecule has 4 aromatic heterocycles. The summed E-state index contributed by atoms with van der Waals surface area (Å²) in [5.41, 5.74) is 4.30. The fraction of sp³-hybridized carbons (Fsp3) is 0.459. The van der Waals surface area contributed by atoms with Crippen LogP contribution in [0.1, 0.15) is 48.1 Å². The van der Waals surface area contributed by atoms with Gasteiger partial charge in [0, 0.05) is 80.6 Å². The van der Waals surface area contributed by atoms with E-state index in [-0.39, 0.29) is 22.5 Å². The van der Waals surface area contributed by atoms with Gasteiger partial charge in [-0.3, -0.25) is 19.4 Å². The number of aliphatic hydroxyl groups excluding tert-OH is 1. The molecule has 7 heterocycles. The number of fused-ring (bicyclic) bond motifs is 3. The number of halogens is 1. The molecule has 4 aromatic rings. The highest BCUT2D eigenvalue weighted by Gasteiger charge is 2.41. The fourth-order valence-electron chi connectivity index (χ4n) is 8.14. The SMILES string of the molecule is C[C@H]1CN(C2COC2)CCN1c1ccc(Nc2cc(-c3ccnc(N4CCn5c6c(c(F)c5C4=O)CC(C)(C)C6)c3CO)cn(C)c2=O)nc1. The van der Waals surface area contributed by atoms with Crippen molar-refractivity contribution in [3.05, 3.63) is 81.5 Å². The molecule has 1 amide bonds. The Balaban J connectivity index is 1.05. The van der Waals surface area contributed by atoms with Gasteiger partial charge >= 0.3 is 0 Å². The van der Waals surface area contributed by atoms with E-state index in [1.54, 1.807) is 31.6 Å². The van der Waals surface area contributed by atoms with Crippen LogP contribution in [0.5, 0.6) is 0 Å². The Morgan fingerprint density at radius 3 is 2.60 bits per heavy atom. The van der Waals surface area contributed by atoms with Crippen molar-refractivity contribution >= 4 is 28.9 Å².